The first-order valence-electron chi connectivity index (χ1n) is 6.97. The maximum Gasteiger partial charge on any atom is 0.330 e. The van der Waals surface area contributed by atoms with Crippen LogP contribution in [0.25, 0.3) is 0 Å². The lowest BCUT2D eigenvalue weighted by molar-refractivity contribution is -0.149. The molecular weight excluding hydrogens is 280 g/mol. The van der Waals surface area contributed by atoms with Crippen molar-refractivity contribution in [3.8, 4) is 0 Å². The highest BCUT2D eigenvalue weighted by Crippen LogP contribution is 2.24. The zero-order valence-electron chi connectivity index (χ0n) is 12.8. The molecule has 2 N–H and O–H groups in total. The molecule has 1 aliphatic heterocycles. The Kier molecular flexibility index (Phi) is 8.13. The lowest BCUT2D eigenvalue weighted by Gasteiger charge is -2.29. The molecule has 1 unspecified atom stereocenters. The van der Waals surface area contributed by atoms with Crippen LogP contribution in [0.5, 0.6) is 0 Å². The third-order valence-electron chi connectivity index (χ3n) is 3.84. The van der Waals surface area contributed by atoms with Crippen molar-refractivity contribution in [3.05, 3.63) is 0 Å². The van der Waals surface area contributed by atoms with Gasteiger partial charge in [-0.25, -0.2) is 4.79 Å². The van der Waals surface area contributed by atoms with E-state index in [2.05, 4.69) is 22.3 Å². The minimum Gasteiger partial charge on any atom is -0.467 e. The van der Waals surface area contributed by atoms with Gasteiger partial charge in [-0.1, -0.05) is 6.92 Å². The van der Waals surface area contributed by atoms with Crippen LogP contribution in [-0.2, 0) is 14.3 Å². The fourth-order valence-corrected chi connectivity index (χ4v) is 2.58. The molecule has 0 spiro atoms. The molecule has 0 aromatic heterocycles. The van der Waals surface area contributed by atoms with E-state index in [1.165, 1.54) is 7.11 Å². The van der Waals surface area contributed by atoms with Crippen LogP contribution < -0.4 is 10.6 Å². The minimum absolute atomic E-state index is 0. The van der Waals surface area contributed by atoms with Crippen molar-refractivity contribution < 1.29 is 14.3 Å². The van der Waals surface area contributed by atoms with E-state index in [4.69, 9.17) is 0 Å². The van der Waals surface area contributed by atoms with Gasteiger partial charge in [-0.3, -0.25) is 4.79 Å². The first-order chi connectivity index (χ1) is 8.86. The van der Waals surface area contributed by atoms with Gasteiger partial charge in [0.15, 0.2) is 0 Å². The van der Waals surface area contributed by atoms with E-state index in [0.29, 0.717) is 18.3 Å². The maximum absolute atomic E-state index is 12.0. The van der Waals surface area contributed by atoms with Gasteiger partial charge >= 0.3 is 5.97 Å². The lowest BCUT2D eigenvalue weighted by Crippen LogP contribution is -2.50. The Morgan fingerprint density at radius 3 is 2.40 bits per heavy atom. The summed E-state index contributed by atoms with van der Waals surface area (Å²) < 4.78 is 4.68. The average Bonchev–Trinajstić information content (AvgIpc) is 2.37. The Bertz CT molecular complexity index is 328. The molecule has 0 aromatic carbocycles. The molecule has 0 saturated carbocycles. The van der Waals surface area contributed by atoms with Crippen molar-refractivity contribution in [2.45, 2.75) is 45.6 Å². The van der Waals surface area contributed by atoms with E-state index in [9.17, 15) is 9.59 Å². The Hall–Kier alpha value is -0.810. The molecule has 20 heavy (non-hydrogen) atoms. The molecule has 5 nitrogen and oxygen atoms in total. The van der Waals surface area contributed by atoms with Crippen LogP contribution in [0.2, 0.25) is 0 Å². The molecule has 1 amide bonds. The highest BCUT2D eigenvalue weighted by molar-refractivity contribution is 5.87. The third kappa shape index (κ3) is 5.67. The Balaban J connectivity index is 0.00000361. The van der Waals surface area contributed by atoms with Crippen LogP contribution in [0.1, 0.15) is 40.0 Å². The number of hydrogen-bond donors (Lipinski definition) is 2. The Labute approximate surface area is 127 Å². The van der Waals surface area contributed by atoms with Crippen LogP contribution in [0, 0.1) is 11.8 Å². The largest absolute Gasteiger partial charge is 0.467 e. The Morgan fingerprint density at radius 2 is 1.90 bits per heavy atom. The van der Waals surface area contributed by atoms with E-state index >= 15 is 0 Å². The second-order valence-electron chi connectivity index (χ2n) is 5.93. The van der Waals surface area contributed by atoms with Crippen LogP contribution in [0.4, 0.5) is 0 Å². The van der Waals surface area contributed by atoms with Crippen LogP contribution in [0.3, 0.4) is 0 Å². The first kappa shape index (κ1) is 19.2. The van der Waals surface area contributed by atoms with Crippen LogP contribution in [0.15, 0.2) is 0 Å². The molecule has 0 radical (unpaired) electrons. The van der Waals surface area contributed by atoms with E-state index in [1.807, 2.05) is 0 Å². The van der Waals surface area contributed by atoms with Crippen molar-refractivity contribution in [2.24, 2.45) is 11.8 Å². The van der Waals surface area contributed by atoms with E-state index < -0.39 is 11.5 Å². The summed E-state index contributed by atoms with van der Waals surface area (Å²) in [6, 6.07) is 0. The molecule has 1 atom stereocenters. The average molecular weight is 307 g/mol. The van der Waals surface area contributed by atoms with Crippen molar-refractivity contribution in [1.82, 2.24) is 10.6 Å². The summed E-state index contributed by atoms with van der Waals surface area (Å²) >= 11 is 0. The lowest BCUT2D eigenvalue weighted by atomic mass is 9.84. The SMILES string of the molecule is COC(=O)C(C)(C)NC(=O)CC(C)C1CCNCC1.Cl. The molecule has 118 valence electrons. The van der Waals surface area contributed by atoms with Crippen LogP contribution in [-0.4, -0.2) is 37.6 Å². The predicted molar refractivity (Wildman–Crippen MR) is 80.9 cm³/mol. The highest BCUT2D eigenvalue weighted by atomic mass is 35.5. The van der Waals surface area contributed by atoms with Gasteiger partial charge in [-0.15, -0.1) is 12.4 Å². The number of amides is 1. The van der Waals surface area contributed by atoms with Gasteiger partial charge in [-0.2, -0.15) is 0 Å². The second-order valence-corrected chi connectivity index (χ2v) is 5.93. The summed E-state index contributed by atoms with van der Waals surface area (Å²) in [5, 5.41) is 6.07. The molecule has 1 fully saturated rings. The number of carbonyl (C=O) groups excluding carboxylic acids is 2. The molecule has 1 aliphatic rings. The van der Waals surface area contributed by atoms with Crippen LogP contribution >= 0.6 is 12.4 Å². The normalized spacial score (nSPS) is 17.8. The van der Waals surface area contributed by atoms with E-state index in [0.717, 1.165) is 25.9 Å². The second kappa shape index (κ2) is 8.47. The summed E-state index contributed by atoms with van der Waals surface area (Å²) in [6.07, 6.45) is 2.70. The molecule has 0 aromatic rings. The number of esters is 1. The molecule has 1 heterocycles. The number of rotatable bonds is 5. The molecule has 0 aliphatic carbocycles. The number of ether oxygens (including phenoxy) is 1. The smallest absolute Gasteiger partial charge is 0.330 e. The number of piperidine rings is 1. The van der Waals surface area contributed by atoms with Crippen molar-refractivity contribution in [1.29, 1.82) is 0 Å². The number of halogens is 1. The van der Waals surface area contributed by atoms with Crippen molar-refractivity contribution >= 4 is 24.3 Å². The number of hydrogen-bond acceptors (Lipinski definition) is 4. The third-order valence-corrected chi connectivity index (χ3v) is 3.84. The zero-order chi connectivity index (χ0) is 14.5. The molecule has 0 bridgehead atoms. The molecule has 1 rings (SSSR count). The summed E-state index contributed by atoms with van der Waals surface area (Å²) in [6.45, 7) is 7.49. The highest BCUT2D eigenvalue weighted by Gasteiger charge is 2.31. The summed E-state index contributed by atoms with van der Waals surface area (Å²) in [5.41, 5.74) is -0.959. The summed E-state index contributed by atoms with van der Waals surface area (Å²) in [7, 11) is 1.33. The predicted octanol–water partition coefficient (Wildman–Crippen LogP) is 1.50. The van der Waals surface area contributed by atoms with Crippen molar-refractivity contribution in [3.63, 3.8) is 0 Å². The first-order valence-corrected chi connectivity index (χ1v) is 6.97. The number of carbonyl (C=O) groups is 2. The van der Waals surface area contributed by atoms with Gasteiger partial charge in [0.1, 0.15) is 5.54 Å². The van der Waals surface area contributed by atoms with E-state index in [-0.39, 0.29) is 18.3 Å². The summed E-state index contributed by atoms with van der Waals surface area (Å²) in [4.78, 5) is 23.5. The molecular formula is C14H27ClN2O3. The monoisotopic (exact) mass is 306 g/mol. The standard InChI is InChI=1S/C14H26N2O3.ClH/c1-10(11-5-7-15-8-6-11)9-12(17)16-14(2,3)13(18)19-4;/h10-11,15H,5-9H2,1-4H3,(H,16,17);1H. The van der Waals surface area contributed by atoms with Gasteiger partial charge in [0, 0.05) is 6.42 Å². The van der Waals surface area contributed by atoms with E-state index in [1.54, 1.807) is 13.8 Å². The fraction of sp³-hybridized carbons (Fsp3) is 0.857. The van der Waals surface area contributed by atoms with Gasteiger partial charge in [0.05, 0.1) is 7.11 Å². The fourth-order valence-electron chi connectivity index (χ4n) is 2.58. The summed E-state index contributed by atoms with van der Waals surface area (Å²) in [5.74, 6) is 0.431. The number of nitrogens with one attached hydrogen (secondary N) is 2. The minimum atomic E-state index is -0.959. The Morgan fingerprint density at radius 1 is 1.35 bits per heavy atom. The van der Waals surface area contributed by atoms with Crippen molar-refractivity contribution in [2.75, 3.05) is 20.2 Å². The van der Waals surface area contributed by atoms with Gasteiger partial charge < -0.3 is 15.4 Å². The van der Waals surface area contributed by atoms with Gasteiger partial charge in [-0.05, 0) is 51.6 Å². The number of methoxy groups -OCH3 is 1. The quantitative estimate of drug-likeness (QED) is 0.756. The topological polar surface area (TPSA) is 67.4 Å². The molecule has 6 heteroatoms. The zero-order valence-corrected chi connectivity index (χ0v) is 13.6. The van der Waals surface area contributed by atoms with Gasteiger partial charge in [0.2, 0.25) is 5.91 Å². The van der Waals surface area contributed by atoms with Gasteiger partial charge in [0.25, 0.3) is 0 Å². The molecule has 1 saturated heterocycles. The maximum atomic E-state index is 12.0.